The summed E-state index contributed by atoms with van der Waals surface area (Å²) in [4.78, 5) is 12.0. The number of hydrogen-bond acceptors (Lipinski definition) is 6. The summed E-state index contributed by atoms with van der Waals surface area (Å²) in [5, 5.41) is 1.47. The molecule has 0 aromatic heterocycles. The molecule has 0 radical (unpaired) electrons. The Bertz CT molecular complexity index is 865. The van der Waals surface area contributed by atoms with Gasteiger partial charge < -0.3 is 25.5 Å². The van der Waals surface area contributed by atoms with Crippen molar-refractivity contribution in [2.75, 3.05) is 31.4 Å². The highest BCUT2D eigenvalue weighted by Gasteiger charge is 2.08. The number of nitrogens with two attached hydrogens (primary N) is 2. The number of anilines is 2. The molecule has 0 heterocycles. The van der Waals surface area contributed by atoms with Crippen LogP contribution in [0.1, 0.15) is 11.1 Å². The Balaban J connectivity index is 1.93. The van der Waals surface area contributed by atoms with E-state index in [2.05, 4.69) is 0 Å². The van der Waals surface area contributed by atoms with Gasteiger partial charge in [0.2, 0.25) is 5.78 Å². The van der Waals surface area contributed by atoms with Crippen LogP contribution in [0.5, 0.6) is 11.5 Å². The van der Waals surface area contributed by atoms with E-state index in [4.69, 9.17) is 20.9 Å². The van der Waals surface area contributed by atoms with Crippen molar-refractivity contribution < 1.29 is 18.8 Å². The molecule has 0 aliphatic heterocycles. The molecule has 0 saturated heterocycles. The van der Waals surface area contributed by atoms with Crippen molar-refractivity contribution in [3.8, 4) is 11.5 Å². The zero-order valence-electron chi connectivity index (χ0n) is 15.2. The molecule has 2 rings (SSSR count). The molecular weight excluding hydrogens is 364 g/mol. The van der Waals surface area contributed by atoms with Gasteiger partial charge in [-0.2, -0.15) is 0 Å². The molecule has 0 aliphatic carbocycles. The minimum absolute atomic E-state index is 0.107. The van der Waals surface area contributed by atoms with Crippen LogP contribution in [-0.2, 0) is 16.0 Å². The van der Waals surface area contributed by atoms with E-state index < -0.39 is 11.2 Å². The first-order valence-corrected chi connectivity index (χ1v) is 9.44. The molecule has 1 atom stereocenters. The Labute approximate surface area is 161 Å². The number of carbonyl (C=O) groups is 1. The lowest BCUT2D eigenvalue weighted by atomic mass is 10.1. The van der Waals surface area contributed by atoms with Gasteiger partial charge in [-0.3, -0.25) is 4.79 Å². The Morgan fingerprint density at radius 3 is 2.00 bits per heavy atom. The van der Waals surface area contributed by atoms with Crippen LogP contribution in [0, 0.1) is 0 Å². The largest absolute Gasteiger partial charge is 0.612 e. The number of carbonyl (C=O) groups excluding carboxylic acids is 1. The molecule has 0 bridgehead atoms. The van der Waals surface area contributed by atoms with Crippen molar-refractivity contribution in [3.05, 3.63) is 59.0 Å². The highest BCUT2D eigenvalue weighted by molar-refractivity contribution is 7.95. The Morgan fingerprint density at radius 1 is 1.00 bits per heavy atom. The van der Waals surface area contributed by atoms with Gasteiger partial charge in [-0.25, -0.2) is 0 Å². The SMILES string of the molecule is COc1ccc(/C=C\[S+]([O-])CC(=O)/C=C/c2ccc(OC)c(N)c2)cc1N. The predicted octanol–water partition coefficient (Wildman–Crippen LogP) is 2.87. The molecule has 1 unspecified atom stereocenters. The summed E-state index contributed by atoms with van der Waals surface area (Å²) < 4.78 is 22.2. The van der Waals surface area contributed by atoms with Crippen molar-refractivity contribution in [2.24, 2.45) is 0 Å². The number of nitrogen functional groups attached to an aromatic ring is 2. The number of rotatable bonds is 8. The second-order valence-electron chi connectivity index (χ2n) is 5.63. The van der Waals surface area contributed by atoms with E-state index >= 15 is 0 Å². The highest BCUT2D eigenvalue weighted by atomic mass is 32.2. The van der Waals surface area contributed by atoms with Crippen LogP contribution in [0.2, 0.25) is 0 Å². The molecule has 27 heavy (non-hydrogen) atoms. The van der Waals surface area contributed by atoms with Gasteiger partial charge in [-0.1, -0.05) is 18.2 Å². The van der Waals surface area contributed by atoms with Crippen molar-refractivity contribution in [2.45, 2.75) is 0 Å². The van der Waals surface area contributed by atoms with Gasteiger partial charge >= 0.3 is 0 Å². The van der Waals surface area contributed by atoms with Crippen LogP contribution >= 0.6 is 0 Å². The molecule has 0 amide bonds. The Kier molecular flexibility index (Phi) is 7.34. The Hall–Kier alpha value is -2.90. The molecule has 0 spiro atoms. The van der Waals surface area contributed by atoms with Crippen LogP contribution in [0.15, 0.2) is 47.9 Å². The molecule has 0 fully saturated rings. The lowest BCUT2D eigenvalue weighted by Gasteiger charge is -2.06. The molecule has 6 nitrogen and oxygen atoms in total. The predicted molar refractivity (Wildman–Crippen MR) is 111 cm³/mol. The molecule has 2 aromatic carbocycles. The first-order chi connectivity index (χ1) is 12.9. The van der Waals surface area contributed by atoms with E-state index in [0.29, 0.717) is 22.9 Å². The summed E-state index contributed by atoms with van der Waals surface area (Å²) in [5.41, 5.74) is 14.2. The van der Waals surface area contributed by atoms with Crippen molar-refractivity contribution in [3.63, 3.8) is 0 Å². The molecule has 142 valence electrons. The molecule has 2 aromatic rings. The van der Waals surface area contributed by atoms with E-state index in [1.165, 1.54) is 25.7 Å². The van der Waals surface area contributed by atoms with E-state index in [9.17, 15) is 9.35 Å². The second kappa shape index (κ2) is 9.70. The third-order valence-electron chi connectivity index (χ3n) is 3.67. The van der Waals surface area contributed by atoms with Gasteiger partial charge in [-0.15, -0.1) is 0 Å². The first-order valence-electron chi connectivity index (χ1n) is 8.06. The number of ketones is 1. The summed E-state index contributed by atoms with van der Waals surface area (Å²) in [6.45, 7) is 0. The number of ether oxygens (including phenoxy) is 2. The van der Waals surface area contributed by atoms with Gasteiger partial charge in [0.15, 0.2) is 5.75 Å². The maximum absolute atomic E-state index is 12.1. The fourth-order valence-corrected chi connectivity index (χ4v) is 3.07. The smallest absolute Gasteiger partial charge is 0.205 e. The standard InChI is InChI=1S/C20H22N2O4S/c1-25-19-7-4-14(11-17(19)21)3-6-16(23)13-27(24)10-9-15-5-8-20(26-2)18(22)12-15/h3-12H,13,21-22H2,1-2H3/b6-3+,10-9-. The Morgan fingerprint density at radius 2 is 1.52 bits per heavy atom. The zero-order valence-corrected chi connectivity index (χ0v) is 16.0. The number of benzene rings is 2. The normalized spacial score (nSPS) is 12.4. The van der Waals surface area contributed by atoms with E-state index in [1.54, 1.807) is 48.6 Å². The van der Waals surface area contributed by atoms with Crippen molar-refractivity contribution >= 4 is 40.5 Å². The lowest BCUT2D eigenvalue weighted by Crippen LogP contribution is -2.11. The maximum atomic E-state index is 12.1. The van der Waals surface area contributed by atoms with Crippen molar-refractivity contribution in [1.29, 1.82) is 0 Å². The van der Waals surface area contributed by atoms with Gasteiger partial charge in [0.1, 0.15) is 16.9 Å². The van der Waals surface area contributed by atoms with E-state index in [0.717, 1.165) is 11.1 Å². The summed E-state index contributed by atoms with van der Waals surface area (Å²) in [6.07, 6.45) is 4.68. The molecule has 4 N–H and O–H groups in total. The minimum atomic E-state index is -1.43. The van der Waals surface area contributed by atoms with Gasteiger partial charge in [0.25, 0.3) is 0 Å². The van der Waals surface area contributed by atoms with Crippen LogP contribution in [0.25, 0.3) is 12.2 Å². The average molecular weight is 386 g/mol. The zero-order chi connectivity index (χ0) is 19.8. The fourth-order valence-electron chi connectivity index (χ4n) is 2.29. The van der Waals surface area contributed by atoms with Crippen molar-refractivity contribution in [1.82, 2.24) is 0 Å². The second-order valence-corrected chi connectivity index (χ2v) is 6.95. The summed E-state index contributed by atoms with van der Waals surface area (Å²) in [7, 11) is 3.07. The fraction of sp³-hybridized carbons (Fsp3) is 0.150. The number of hydrogen-bond donors (Lipinski definition) is 2. The first kappa shape index (κ1) is 20.4. The molecular formula is C20H22N2O4S. The molecule has 0 saturated carbocycles. The van der Waals surface area contributed by atoms with Crippen LogP contribution in [-0.4, -0.2) is 30.3 Å². The van der Waals surface area contributed by atoms with Gasteiger partial charge in [0.05, 0.1) is 25.6 Å². The quantitative estimate of drug-likeness (QED) is 0.410. The molecule has 0 aliphatic rings. The number of methoxy groups -OCH3 is 2. The average Bonchev–Trinajstić information content (AvgIpc) is 2.65. The van der Waals surface area contributed by atoms with E-state index in [-0.39, 0.29) is 11.5 Å². The van der Waals surface area contributed by atoms with Gasteiger partial charge in [0, 0.05) is 0 Å². The molecule has 7 heteroatoms. The third kappa shape index (κ3) is 6.09. The third-order valence-corrected chi connectivity index (χ3v) is 4.67. The summed E-state index contributed by atoms with van der Waals surface area (Å²) in [5.74, 6) is 0.794. The lowest BCUT2D eigenvalue weighted by molar-refractivity contribution is -0.112. The van der Waals surface area contributed by atoms with Crippen LogP contribution < -0.4 is 20.9 Å². The highest BCUT2D eigenvalue weighted by Crippen LogP contribution is 2.23. The van der Waals surface area contributed by atoms with Crippen LogP contribution in [0.4, 0.5) is 11.4 Å². The topological polar surface area (TPSA) is 111 Å². The van der Waals surface area contributed by atoms with E-state index in [1.807, 2.05) is 0 Å². The maximum Gasteiger partial charge on any atom is 0.205 e. The van der Waals surface area contributed by atoms with Crippen LogP contribution in [0.3, 0.4) is 0 Å². The monoisotopic (exact) mass is 386 g/mol. The van der Waals surface area contributed by atoms with Gasteiger partial charge in [-0.05, 0) is 58.7 Å². The minimum Gasteiger partial charge on any atom is -0.612 e. The summed E-state index contributed by atoms with van der Waals surface area (Å²) >= 11 is -1.43. The number of allylic oxidation sites excluding steroid dienone is 1. The summed E-state index contributed by atoms with van der Waals surface area (Å²) in [6, 6.07) is 10.4.